The summed E-state index contributed by atoms with van der Waals surface area (Å²) >= 11 is 0. The third kappa shape index (κ3) is 2.57. The Morgan fingerprint density at radius 3 is 2.94 bits per heavy atom. The van der Waals surface area contributed by atoms with Crippen molar-refractivity contribution in [1.82, 2.24) is 9.97 Å². The molecule has 2 aromatic heterocycles. The van der Waals surface area contributed by atoms with Crippen LogP contribution in [0.2, 0.25) is 0 Å². The summed E-state index contributed by atoms with van der Waals surface area (Å²) in [5.74, 6) is -0.0754. The molecular formula is C12H12N4O. The number of hydrogen-bond donors (Lipinski definition) is 2. The van der Waals surface area contributed by atoms with E-state index in [4.69, 9.17) is 5.73 Å². The zero-order chi connectivity index (χ0) is 12.3. The molecule has 0 unspecified atom stereocenters. The number of carbonyl (C=O) groups excluding carboxylic acids is 1. The van der Waals surface area contributed by atoms with Crippen molar-refractivity contribution < 1.29 is 4.79 Å². The first-order chi connectivity index (χ1) is 8.16. The van der Waals surface area contributed by atoms with Gasteiger partial charge < -0.3 is 11.1 Å². The Balaban J connectivity index is 2.33. The fourth-order valence-electron chi connectivity index (χ4n) is 1.46. The van der Waals surface area contributed by atoms with Gasteiger partial charge in [-0.1, -0.05) is 0 Å². The van der Waals surface area contributed by atoms with Crippen LogP contribution < -0.4 is 11.1 Å². The Morgan fingerprint density at radius 1 is 1.41 bits per heavy atom. The Kier molecular flexibility index (Phi) is 3.00. The van der Waals surface area contributed by atoms with Gasteiger partial charge in [0, 0.05) is 12.4 Å². The van der Waals surface area contributed by atoms with Crippen LogP contribution in [0.5, 0.6) is 0 Å². The molecule has 0 bridgehead atoms. The number of primary amides is 1. The van der Waals surface area contributed by atoms with Gasteiger partial charge in [0.1, 0.15) is 5.82 Å². The number of anilines is 2. The van der Waals surface area contributed by atoms with Crippen LogP contribution in [0.25, 0.3) is 0 Å². The first kappa shape index (κ1) is 11.1. The highest BCUT2D eigenvalue weighted by Crippen LogP contribution is 2.17. The van der Waals surface area contributed by atoms with E-state index in [2.05, 4.69) is 15.3 Å². The zero-order valence-electron chi connectivity index (χ0n) is 9.34. The number of nitrogens with one attached hydrogen (secondary N) is 1. The van der Waals surface area contributed by atoms with Crippen molar-refractivity contribution in [1.29, 1.82) is 0 Å². The van der Waals surface area contributed by atoms with Gasteiger partial charge in [0.05, 0.1) is 17.4 Å². The third-order valence-corrected chi connectivity index (χ3v) is 2.21. The Labute approximate surface area is 98.7 Å². The maximum absolute atomic E-state index is 11.2. The van der Waals surface area contributed by atoms with Crippen molar-refractivity contribution in [2.45, 2.75) is 6.92 Å². The molecule has 5 nitrogen and oxygen atoms in total. The quantitative estimate of drug-likeness (QED) is 0.836. The third-order valence-electron chi connectivity index (χ3n) is 2.21. The molecule has 86 valence electrons. The van der Waals surface area contributed by atoms with Gasteiger partial charge in [-0.2, -0.15) is 0 Å². The highest BCUT2D eigenvalue weighted by molar-refractivity contribution is 5.98. The van der Waals surface area contributed by atoms with Gasteiger partial charge in [0.15, 0.2) is 0 Å². The van der Waals surface area contributed by atoms with E-state index in [0.29, 0.717) is 11.4 Å². The summed E-state index contributed by atoms with van der Waals surface area (Å²) in [4.78, 5) is 19.3. The second-order valence-corrected chi connectivity index (χ2v) is 3.64. The molecule has 3 N–H and O–H groups in total. The highest BCUT2D eigenvalue weighted by atomic mass is 16.1. The number of carbonyl (C=O) groups is 1. The standard InChI is InChI=1S/C12H12N4O/c1-8-5-9(7-14-6-8)16-12-10(11(13)17)3-2-4-15-12/h2-7H,1H3,(H2,13,17)(H,15,16). The average Bonchev–Trinajstić information content (AvgIpc) is 2.29. The van der Waals surface area contributed by atoms with Crippen LogP contribution in [0.15, 0.2) is 36.8 Å². The van der Waals surface area contributed by atoms with Crippen molar-refractivity contribution >= 4 is 17.4 Å². The van der Waals surface area contributed by atoms with Crippen LogP contribution >= 0.6 is 0 Å². The van der Waals surface area contributed by atoms with Crippen molar-refractivity contribution in [3.8, 4) is 0 Å². The maximum atomic E-state index is 11.2. The highest BCUT2D eigenvalue weighted by Gasteiger charge is 2.08. The first-order valence-corrected chi connectivity index (χ1v) is 5.10. The SMILES string of the molecule is Cc1cncc(Nc2ncccc2C(N)=O)c1. The van der Waals surface area contributed by atoms with E-state index in [1.165, 1.54) is 0 Å². The Hall–Kier alpha value is -2.43. The van der Waals surface area contributed by atoms with E-state index in [1.54, 1.807) is 30.7 Å². The van der Waals surface area contributed by atoms with Gasteiger partial charge in [-0.3, -0.25) is 9.78 Å². The van der Waals surface area contributed by atoms with Gasteiger partial charge in [-0.05, 0) is 30.7 Å². The van der Waals surface area contributed by atoms with Crippen LogP contribution in [-0.4, -0.2) is 15.9 Å². The molecule has 0 fully saturated rings. The number of pyridine rings is 2. The largest absolute Gasteiger partial charge is 0.365 e. The summed E-state index contributed by atoms with van der Waals surface area (Å²) in [6, 6.07) is 5.20. The van der Waals surface area contributed by atoms with E-state index in [9.17, 15) is 4.79 Å². The number of nitrogens with two attached hydrogens (primary N) is 1. The molecule has 0 atom stereocenters. The smallest absolute Gasteiger partial charge is 0.252 e. The van der Waals surface area contributed by atoms with Crippen molar-refractivity contribution in [3.63, 3.8) is 0 Å². The van der Waals surface area contributed by atoms with Crippen LogP contribution in [-0.2, 0) is 0 Å². The summed E-state index contributed by atoms with van der Waals surface area (Å²) in [5, 5.41) is 3.02. The predicted octanol–water partition coefficient (Wildman–Crippen LogP) is 1.63. The molecule has 0 saturated carbocycles. The zero-order valence-corrected chi connectivity index (χ0v) is 9.34. The molecule has 0 radical (unpaired) electrons. The summed E-state index contributed by atoms with van der Waals surface area (Å²) in [7, 11) is 0. The lowest BCUT2D eigenvalue weighted by Crippen LogP contribution is -2.14. The molecular weight excluding hydrogens is 216 g/mol. The lowest BCUT2D eigenvalue weighted by Gasteiger charge is -2.08. The first-order valence-electron chi connectivity index (χ1n) is 5.10. The van der Waals surface area contributed by atoms with E-state index in [1.807, 2.05) is 13.0 Å². The van der Waals surface area contributed by atoms with E-state index < -0.39 is 5.91 Å². The maximum Gasteiger partial charge on any atom is 0.252 e. The molecule has 0 aliphatic carbocycles. The molecule has 0 aliphatic heterocycles. The number of aryl methyl sites for hydroxylation is 1. The monoisotopic (exact) mass is 228 g/mol. The second kappa shape index (κ2) is 4.61. The molecule has 2 aromatic rings. The number of rotatable bonds is 3. The summed E-state index contributed by atoms with van der Waals surface area (Å²) in [6.07, 6.45) is 5.00. The molecule has 2 heterocycles. The van der Waals surface area contributed by atoms with E-state index >= 15 is 0 Å². The van der Waals surface area contributed by atoms with Crippen LogP contribution in [0.1, 0.15) is 15.9 Å². The van der Waals surface area contributed by atoms with Gasteiger partial charge in [0.25, 0.3) is 5.91 Å². The lowest BCUT2D eigenvalue weighted by atomic mass is 10.2. The molecule has 5 heteroatoms. The molecule has 0 aliphatic rings. The summed E-state index contributed by atoms with van der Waals surface area (Å²) < 4.78 is 0. The van der Waals surface area contributed by atoms with E-state index in [0.717, 1.165) is 11.3 Å². The molecule has 0 saturated heterocycles. The molecule has 2 rings (SSSR count). The van der Waals surface area contributed by atoms with Gasteiger partial charge in [-0.25, -0.2) is 4.98 Å². The van der Waals surface area contributed by atoms with Crippen LogP contribution in [0.4, 0.5) is 11.5 Å². The topological polar surface area (TPSA) is 80.9 Å². The molecule has 17 heavy (non-hydrogen) atoms. The van der Waals surface area contributed by atoms with Crippen molar-refractivity contribution in [2.24, 2.45) is 5.73 Å². The number of hydrogen-bond acceptors (Lipinski definition) is 4. The summed E-state index contributed by atoms with van der Waals surface area (Å²) in [5.41, 5.74) is 7.41. The van der Waals surface area contributed by atoms with Crippen LogP contribution in [0.3, 0.4) is 0 Å². The lowest BCUT2D eigenvalue weighted by molar-refractivity contribution is 0.100. The predicted molar refractivity (Wildman–Crippen MR) is 65.0 cm³/mol. The normalized spacial score (nSPS) is 9.94. The average molecular weight is 228 g/mol. The van der Waals surface area contributed by atoms with Gasteiger partial charge in [0.2, 0.25) is 0 Å². The van der Waals surface area contributed by atoms with E-state index in [-0.39, 0.29) is 0 Å². The Morgan fingerprint density at radius 2 is 2.24 bits per heavy atom. The summed E-state index contributed by atoms with van der Waals surface area (Å²) in [6.45, 7) is 1.94. The van der Waals surface area contributed by atoms with Gasteiger partial charge in [-0.15, -0.1) is 0 Å². The number of amides is 1. The second-order valence-electron chi connectivity index (χ2n) is 3.64. The van der Waals surface area contributed by atoms with Crippen LogP contribution in [0, 0.1) is 6.92 Å². The minimum Gasteiger partial charge on any atom is -0.365 e. The molecule has 0 spiro atoms. The number of aromatic nitrogens is 2. The minimum atomic E-state index is -0.513. The fourth-order valence-corrected chi connectivity index (χ4v) is 1.46. The van der Waals surface area contributed by atoms with Crippen molar-refractivity contribution in [2.75, 3.05) is 5.32 Å². The van der Waals surface area contributed by atoms with Crippen molar-refractivity contribution in [3.05, 3.63) is 47.9 Å². The number of nitrogens with zero attached hydrogens (tertiary/aromatic N) is 2. The fraction of sp³-hybridized carbons (Fsp3) is 0.0833. The molecule has 0 aromatic carbocycles. The minimum absolute atomic E-state index is 0.356. The molecule has 1 amide bonds. The Bertz CT molecular complexity index is 554. The van der Waals surface area contributed by atoms with Gasteiger partial charge >= 0.3 is 0 Å².